The van der Waals surface area contributed by atoms with Gasteiger partial charge in [-0.05, 0) is 37.6 Å². The Bertz CT molecular complexity index is 506. The van der Waals surface area contributed by atoms with Crippen LogP contribution < -0.4 is 5.73 Å². The number of hydrogen-bond donors (Lipinski definition) is 1. The molecular weight excluding hydrogens is 226 g/mol. The van der Waals surface area contributed by atoms with E-state index in [1.54, 1.807) is 6.07 Å². The van der Waals surface area contributed by atoms with E-state index in [0.717, 1.165) is 0 Å². The fourth-order valence-electron chi connectivity index (χ4n) is 1.48. The van der Waals surface area contributed by atoms with E-state index in [0.29, 0.717) is 22.6 Å². The monoisotopic (exact) mass is 237 g/mol. The van der Waals surface area contributed by atoms with Crippen molar-refractivity contribution in [2.75, 3.05) is 5.73 Å². The molecule has 16 heavy (non-hydrogen) atoms. The van der Waals surface area contributed by atoms with Crippen LogP contribution in [0.3, 0.4) is 0 Å². The molecule has 0 aliphatic heterocycles. The van der Waals surface area contributed by atoms with E-state index in [1.165, 1.54) is 0 Å². The first-order valence-electron chi connectivity index (χ1n) is 4.93. The number of rotatable bonds is 2. The van der Waals surface area contributed by atoms with Gasteiger partial charge in [0, 0.05) is 6.04 Å². The van der Waals surface area contributed by atoms with Gasteiger partial charge < -0.3 is 5.73 Å². The lowest BCUT2D eigenvalue weighted by Crippen LogP contribution is -2.04. The van der Waals surface area contributed by atoms with Crippen molar-refractivity contribution < 1.29 is 0 Å². The van der Waals surface area contributed by atoms with Gasteiger partial charge in [0.15, 0.2) is 5.82 Å². The Morgan fingerprint density at radius 1 is 1.31 bits per heavy atom. The van der Waals surface area contributed by atoms with Gasteiger partial charge in [-0.3, -0.25) is 4.57 Å². The number of nitrogens with two attached hydrogens (primary N) is 1. The minimum absolute atomic E-state index is 0.167. The van der Waals surface area contributed by atoms with Crippen molar-refractivity contribution in [3.63, 3.8) is 0 Å². The largest absolute Gasteiger partial charge is 0.384 e. The maximum absolute atomic E-state index is 5.96. The Kier molecular flexibility index (Phi) is 2.78. The highest BCUT2D eigenvalue weighted by atomic mass is 35.5. The summed E-state index contributed by atoms with van der Waals surface area (Å²) in [5.41, 5.74) is 6.30. The van der Waals surface area contributed by atoms with Gasteiger partial charge in [0.1, 0.15) is 11.5 Å². The van der Waals surface area contributed by atoms with E-state index in [-0.39, 0.29) is 6.04 Å². The van der Waals surface area contributed by atoms with Crippen LogP contribution in [0.2, 0.25) is 5.28 Å². The van der Waals surface area contributed by atoms with Gasteiger partial charge in [-0.15, -0.1) is 10.2 Å². The third-order valence-corrected chi connectivity index (χ3v) is 2.43. The lowest BCUT2D eigenvalue weighted by molar-refractivity contribution is 0.604. The Labute approximate surface area is 98.3 Å². The first kappa shape index (κ1) is 10.9. The number of halogens is 1. The SMILES string of the molecule is CC(C)n1c(Cl)nnc1-c1cccc(N)n1. The normalized spacial score (nSPS) is 11.0. The van der Waals surface area contributed by atoms with Crippen LogP contribution in [0.1, 0.15) is 19.9 Å². The lowest BCUT2D eigenvalue weighted by atomic mass is 10.3. The zero-order chi connectivity index (χ0) is 11.7. The smallest absolute Gasteiger partial charge is 0.225 e. The summed E-state index contributed by atoms with van der Waals surface area (Å²) in [5.74, 6) is 1.08. The summed E-state index contributed by atoms with van der Waals surface area (Å²) in [5, 5.41) is 8.21. The van der Waals surface area contributed by atoms with Crippen LogP contribution in [0.25, 0.3) is 11.5 Å². The predicted molar refractivity (Wildman–Crippen MR) is 63.1 cm³/mol. The molecule has 0 radical (unpaired) electrons. The van der Waals surface area contributed by atoms with Crippen molar-refractivity contribution in [3.05, 3.63) is 23.5 Å². The topological polar surface area (TPSA) is 69.6 Å². The molecule has 6 heteroatoms. The van der Waals surface area contributed by atoms with E-state index in [1.807, 2.05) is 30.5 Å². The summed E-state index contributed by atoms with van der Waals surface area (Å²) >= 11 is 5.96. The summed E-state index contributed by atoms with van der Waals surface area (Å²) in [6.45, 7) is 4.01. The van der Waals surface area contributed by atoms with Gasteiger partial charge in [-0.25, -0.2) is 4.98 Å². The van der Waals surface area contributed by atoms with Crippen LogP contribution in [0.15, 0.2) is 18.2 Å². The molecule has 5 nitrogen and oxygen atoms in total. The zero-order valence-corrected chi connectivity index (χ0v) is 9.81. The quantitative estimate of drug-likeness (QED) is 0.869. The fourth-order valence-corrected chi connectivity index (χ4v) is 1.79. The Hall–Kier alpha value is -1.62. The third-order valence-electron chi connectivity index (χ3n) is 2.17. The summed E-state index contributed by atoms with van der Waals surface area (Å²) in [7, 11) is 0. The molecule has 84 valence electrons. The zero-order valence-electron chi connectivity index (χ0n) is 9.05. The van der Waals surface area contributed by atoms with Crippen LogP contribution >= 0.6 is 11.6 Å². The summed E-state index contributed by atoms with van der Waals surface area (Å²) in [6.07, 6.45) is 0. The van der Waals surface area contributed by atoms with Gasteiger partial charge in [-0.2, -0.15) is 0 Å². The predicted octanol–water partition coefficient (Wildman–Crippen LogP) is 2.16. The van der Waals surface area contributed by atoms with Crippen molar-refractivity contribution in [3.8, 4) is 11.5 Å². The maximum Gasteiger partial charge on any atom is 0.225 e. The second kappa shape index (κ2) is 4.09. The van der Waals surface area contributed by atoms with Gasteiger partial charge in [-0.1, -0.05) is 6.07 Å². The number of aromatic nitrogens is 4. The number of anilines is 1. The molecule has 0 bridgehead atoms. The molecule has 0 saturated heterocycles. The lowest BCUT2D eigenvalue weighted by Gasteiger charge is -2.10. The van der Waals surface area contributed by atoms with E-state index < -0.39 is 0 Å². The fraction of sp³-hybridized carbons (Fsp3) is 0.300. The summed E-state index contributed by atoms with van der Waals surface area (Å²) < 4.78 is 1.81. The summed E-state index contributed by atoms with van der Waals surface area (Å²) in [4.78, 5) is 4.20. The standard InChI is InChI=1S/C10H12ClN5/c1-6(2)16-9(14-15-10(16)11)7-4-3-5-8(12)13-7/h3-6H,1-2H3,(H2,12,13). The molecule has 2 aromatic heterocycles. The molecule has 0 aromatic carbocycles. The molecule has 0 unspecified atom stereocenters. The van der Waals surface area contributed by atoms with Crippen molar-refractivity contribution >= 4 is 17.4 Å². The van der Waals surface area contributed by atoms with Crippen molar-refractivity contribution in [1.29, 1.82) is 0 Å². The molecule has 2 aromatic rings. The summed E-state index contributed by atoms with van der Waals surface area (Å²) in [6, 6.07) is 5.54. The van der Waals surface area contributed by atoms with E-state index in [4.69, 9.17) is 17.3 Å². The molecule has 0 aliphatic rings. The molecule has 0 saturated carbocycles. The first-order valence-corrected chi connectivity index (χ1v) is 5.30. The highest BCUT2D eigenvalue weighted by molar-refractivity contribution is 6.28. The number of hydrogen-bond acceptors (Lipinski definition) is 4. The van der Waals surface area contributed by atoms with Crippen LogP contribution in [0.4, 0.5) is 5.82 Å². The van der Waals surface area contributed by atoms with Crippen molar-refractivity contribution in [1.82, 2.24) is 19.7 Å². The number of pyridine rings is 1. The molecule has 0 spiro atoms. The van der Waals surface area contributed by atoms with Crippen LogP contribution in [0.5, 0.6) is 0 Å². The highest BCUT2D eigenvalue weighted by Gasteiger charge is 2.15. The first-order chi connectivity index (χ1) is 7.59. The minimum Gasteiger partial charge on any atom is -0.384 e. The molecule has 0 fully saturated rings. The molecule has 0 amide bonds. The van der Waals surface area contributed by atoms with Gasteiger partial charge >= 0.3 is 0 Å². The van der Waals surface area contributed by atoms with E-state index in [2.05, 4.69) is 15.2 Å². The minimum atomic E-state index is 0.167. The molecule has 2 N–H and O–H groups in total. The Morgan fingerprint density at radius 3 is 2.69 bits per heavy atom. The van der Waals surface area contributed by atoms with Crippen LogP contribution in [-0.4, -0.2) is 19.7 Å². The molecule has 0 atom stereocenters. The van der Waals surface area contributed by atoms with E-state index in [9.17, 15) is 0 Å². The number of nitrogens with zero attached hydrogens (tertiary/aromatic N) is 4. The maximum atomic E-state index is 5.96. The van der Waals surface area contributed by atoms with Crippen molar-refractivity contribution in [2.45, 2.75) is 19.9 Å². The Morgan fingerprint density at radius 2 is 2.06 bits per heavy atom. The number of nitrogen functional groups attached to an aromatic ring is 1. The molecule has 2 heterocycles. The average Bonchev–Trinajstić information content (AvgIpc) is 2.60. The average molecular weight is 238 g/mol. The van der Waals surface area contributed by atoms with Gasteiger partial charge in [0.2, 0.25) is 5.28 Å². The highest BCUT2D eigenvalue weighted by Crippen LogP contribution is 2.23. The molecule has 2 rings (SSSR count). The molecule has 0 aliphatic carbocycles. The van der Waals surface area contributed by atoms with Crippen molar-refractivity contribution in [2.24, 2.45) is 0 Å². The van der Waals surface area contributed by atoms with Gasteiger partial charge in [0.25, 0.3) is 0 Å². The second-order valence-corrected chi connectivity index (χ2v) is 4.04. The second-order valence-electron chi connectivity index (χ2n) is 3.70. The van der Waals surface area contributed by atoms with Crippen LogP contribution in [-0.2, 0) is 0 Å². The van der Waals surface area contributed by atoms with Crippen LogP contribution in [0, 0.1) is 0 Å². The van der Waals surface area contributed by atoms with E-state index >= 15 is 0 Å². The molecular formula is C10H12ClN5. The Balaban J connectivity index is 2.56. The third kappa shape index (κ3) is 1.86. The van der Waals surface area contributed by atoms with Gasteiger partial charge in [0.05, 0.1) is 0 Å².